The number of ketones is 1. The van der Waals surface area contributed by atoms with Crippen LogP contribution in [0.5, 0.6) is 5.75 Å². The van der Waals surface area contributed by atoms with E-state index in [1.807, 2.05) is 0 Å². The molecule has 0 radical (unpaired) electrons. The van der Waals surface area contributed by atoms with Gasteiger partial charge >= 0.3 is 6.61 Å². The average molecular weight is 225 g/mol. The highest BCUT2D eigenvalue weighted by Crippen LogP contribution is 2.28. The van der Waals surface area contributed by atoms with Crippen molar-refractivity contribution in [1.29, 1.82) is 5.26 Å². The fourth-order valence-electron chi connectivity index (χ4n) is 1.37. The summed E-state index contributed by atoms with van der Waals surface area (Å²) in [4.78, 5) is 11.3. The first-order valence-electron chi connectivity index (χ1n) is 4.46. The summed E-state index contributed by atoms with van der Waals surface area (Å²) in [5.41, 5.74) is 0.334. The SMILES string of the molecule is CC(=O)c1c(C#N)ccc(C)c1OC(F)F. The predicted molar refractivity (Wildman–Crippen MR) is 52.5 cm³/mol. The predicted octanol–water partition coefficient (Wildman–Crippen LogP) is 2.67. The number of benzene rings is 1. The molecule has 0 amide bonds. The lowest BCUT2D eigenvalue weighted by molar-refractivity contribution is -0.0505. The molecule has 16 heavy (non-hydrogen) atoms. The average Bonchev–Trinajstić information content (AvgIpc) is 2.19. The van der Waals surface area contributed by atoms with E-state index in [9.17, 15) is 13.6 Å². The lowest BCUT2D eigenvalue weighted by Gasteiger charge is -2.12. The quantitative estimate of drug-likeness (QED) is 0.743. The molecule has 0 spiro atoms. The summed E-state index contributed by atoms with van der Waals surface area (Å²) in [6, 6.07) is 4.64. The molecule has 0 N–H and O–H groups in total. The first kappa shape index (κ1) is 12.1. The van der Waals surface area contributed by atoms with E-state index in [0.29, 0.717) is 5.56 Å². The van der Waals surface area contributed by atoms with Gasteiger partial charge in [-0.2, -0.15) is 14.0 Å². The lowest BCUT2D eigenvalue weighted by Crippen LogP contribution is -2.09. The first-order valence-corrected chi connectivity index (χ1v) is 4.46. The summed E-state index contributed by atoms with van der Waals surface area (Å²) in [5.74, 6) is -0.697. The number of aryl methyl sites for hydroxylation is 1. The topological polar surface area (TPSA) is 50.1 Å². The van der Waals surface area contributed by atoms with E-state index in [4.69, 9.17) is 5.26 Å². The molecule has 1 aromatic carbocycles. The number of rotatable bonds is 3. The Hall–Kier alpha value is -1.96. The van der Waals surface area contributed by atoms with E-state index in [1.54, 1.807) is 6.07 Å². The van der Waals surface area contributed by atoms with Crippen molar-refractivity contribution in [1.82, 2.24) is 0 Å². The Morgan fingerprint density at radius 1 is 1.50 bits per heavy atom. The molecule has 0 saturated carbocycles. The van der Waals surface area contributed by atoms with Gasteiger partial charge in [0.15, 0.2) is 5.78 Å². The first-order chi connectivity index (χ1) is 7.47. The third kappa shape index (κ3) is 2.34. The molecule has 1 rings (SSSR count). The van der Waals surface area contributed by atoms with E-state index in [0.717, 1.165) is 0 Å². The molecule has 0 bridgehead atoms. The zero-order valence-corrected chi connectivity index (χ0v) is 8.75. The van der Waals surface area contributed by atoms with Crippen LogP contribution in [0, 0.1) is 18.3 Å². The normalized spacial score (nSPS) is 10.0. The van der Waals surface area contributed by atoms with Crippen LogP contribution in [0.1, 0.15) is 28.4 Å². The van der Waals surface area contributed by atoms with Crippen LogP contribution in [0.15, 0.2) is 12.1 Å². The van der Waals surface area contributed by atoms with Crippen molar-refractivity contribution in [2.75, 3.05) is 0 Å². The number of hydrogen-bond donors (Lipinski definition) is 0. The third-order valence-electron chi connectivity index (χ3n) is 2.03. The number of nitriles is 1. The standard InChI is InChI=1S/C11H9F2NO2/c1-6-3-4-8(5-14)9(7(2)15)10(6)16-11(12)13/h3-4,11H,1-2H3. The van der Waals surface area contributed by atoms with Crippen molar-refractivity contribution < 1.29 is 18.3 Å². The Morgan fingerprint density at radius 2 is 2.12 bits per heavy atom. The summed E-state index contributed by atoms with van der Waals surface area (Å²) >= 11 is 0. The molecular formula is C11H9F2NO2. The van der Waals surface area contributed by atoms with Crippen LogP contribution in [0.2, 0.25) is 0 Å². The summed E-state index contributed by atoms with van der Waals surface area (Å²) in [6.07, 6.45) is 0. The molecule has 0 aromatic heterocycles. The van der Waals surface area contributed by atoms with Gasteiger partial charge in [0.25, 0.3) is 0 Å². The molecule has 0 aliphatic carbocycles. The highest BCUT2D eigenvalue weighted by molar-refractivity contribution is 5.99. The molecule has 1 aromatic rings. The van der Waals surface area contributed by atoms with E-state index < -0.39 is 12.4 Å². The zero-order chi connectivity index (χ0) is 12.3. The van der Waals surface area contributed by atoms with Gasteiger partial charge in [0.05, 0.1) is 11.1 Å². The monoisotopic (exact) mass is 225 g/mol. The summed E-state index contributed by atoms with van der Waals surface area (Å²) < 4.78 is 28.6. The summed E-state index contributed by atoms with van der Waals surface area (Å²) in [6.45, 7) is -0.287. The van der Waals surface area contributed by atoms with Gasteiger partial charge in [-0.15, -0.1) is 0 Å². The second-order valence-corrected chi connectivity index (χ2v) is 3.18. The van der Waals surface area contributed by atoms with Crippen LogP contribution >= 0.6 is 0 Å². The van der Waals surface area contributed by atoms with Crippen molar-refractivity contribution in [2.24, 2.45) is 0 Å². The molecule has 0 aliphatic heterocycles. The molecule has 0 aliphatic rings. The Balaban J connectivity index is 3.43. The summed E-state index contributed by atoms with van der Waals surface area (Å²) in [5, 5.41) is 8.77. The van der Waals surface area contributed by atoms with Crippen molar-refractivity contribution in [2.45, 2.75) is 20.5 Å². The van der Waals surface area contributed by atoms with Gasteiger partial charge in [0.1, 0.15) is 11.8 Å². The minimum Gasteiger partial charge on any atom is -0.434 e. The number of carbonyl (C=O) groups is 1. The van der Waals surface area contributed by atoms with Crippen molar-refractivity contribution in [3.63, 3.8) is 0 Å². The van der Waals surface area contributed by atoms with Crippen molar-refractivity contribution in [3.05, 3.63) is 28.8 Å². The van der Waals surface area contributed by atoms with Gasteiger partial charge < -0.3 is 4.74 Å². The maximum Gasteiger partial charge on any atom is 0.387 e. The molecule has 3 nitrogen and oxygen atoms in total. The van der Waals surface area contributed by atoms with E-state index in [1.165, 1.54) is 26.0 Å². The number of carbonyl (C=O) groups excluding carboxylic acids is 1. The van der Waals surface area contributed by atoms with Gasteiger partial charge in [0, 0.05) is 0 Å². The summed E-state index contributed by atoms with van der Waals surface area (Å²) in [7, 11) is 0. The number of halogens is 2. The number of alkyl halides is 2. The molecule has 0 saturated heterocycles. The second-order valence-electron chi connectivity index (χ2n) is 3.18. The van der Waals surface area contributed by atoms with Crippen LogP contribution in [0.3, 0.4) is 0 Å². The maximum atomic E-state index is 12.2. The Labute approximate surface area is 91.3 Å². The number of ether oxygens (including phenoxy) is 1. The van der Waals surface area contributed by atoms with E-state index in [2.05, 4.69) is 4.74 Å². The molecular weight excluding hydrogens is 216 g/mol. The highest BCUT2D eigenvalue weighted by Gasteiger charge is 2.19. The lowest BCUT2D eigenvalue weighted by atomic mass is 10.0. The molecule has 0 unspecified atom stereocenters. The Bertz CT molecular complexity index is 464. The van der Waals surface area contributed by atoms with Crippen LogP contribution < -0.4 is 4.74 Å². The van der Waals surface area contributed by atoms with Crippen LogP contribution in [-0.4, -0.2) is 12.4 Å². The number of Topliss-reactive ketones (excluding diaryl/α,β-unsaturated/α-hetero) is 1. The van der Waals surface area contributed by atoms with Crippen molar-refractivity contribution in [3.8, 4) is 11.8 Å². The Kier molecular flexibility index (Phi) is 3.56. The van der Waals surface area contributed by atoms with Crippen LogP contribution in [-0.2, 0) is 0 Å². The van der Waals surface area contributed by atoms with Gasteiger partial charge in [-0.1, -0.05) is 6.07 Å². The molecule has 5 heteroatoms. The van der Waals surface area contributed by atoms with E-state index >= 15 is 0 Å². The van der Waals surface area contributed by atoms with Crippen LogP contribution in [0.4, 0.5) is 8.78 Å². The molecule has 0 fully saturated rings. The maximum absolute atomic E-state index is 12.2. The number of hydrogen-bond acceptors (Lipinski definition) is 3. The van der Waals surface area contributed by atoms with Crippen LogP contribution in [0.25, 0.3) is 0 Å². The fourth-order valence-corrected chi connectivity index (χ4v) is 1.37. The third-order valence-corrected chi connectivity index (χ3v) is 2.03. The largest absolute Gasteiger partial charge is 0.434 e. The number of nitrogens with zero attached hydrogens (tertiary/aromatic N) is 1. The highest BCUT2D eigenvalue weighted by atomic mass is 19.3. The van der Waals surface area contributed by atoms with Gasteiger partial charge in [-0.3, -0.25) is 4.79 Å². The fraction of sp³-hybridized carbons (Fsp3) is 0.273. The van der Waals surface area contributed by atoms with Gasteiger partial charge in [-0.25, -0.2) is 0 Å². The minimum atomic E-state index is -3.02. The molecule has 0 atom stereocenters. The zero-order valence-electron chi connectivity index (χ0n) is 8.75. The second kappa shape index (κ2) is 4.71. The van der Waals surface area contributed by atoms with Gasteiger partial charge in [-0.05, 0) is 25.5 Å². The van der Waals surface area contributed by atoms with E-state index in [-0.39, 0.29) is 16.9 Å². The molecule has 84 valence electrons. The Morgan fingerprint density at radius 3 is 2.56 bits per heavy atom. The minimum absolute atomic E-state index is 0.0359. The van der Waals surface area contributed by atoms with Crippen molar-refractivity contribution >= 4 is 5.78 Å². The smallest absolute Gasteiger partial charge is 0.387 e. The molecule has 0 heterocycles. The van der Waals surface area contributed by atoms with Gasteiger partial charge in [0.2, 0.25) is 0 Å².